The molecule has 21 heavy (non-hydrogen) atoms. The van der Waals surface area contributed by atoms with Crippen molar-refractivity contribution in [1.82, 2.24) is 15.5 Å². The lowest BCUT2D eigenvalue weighted by atomic mass is 9.76. The Hall–Kier alpha value is -1.30. The van der Waals surface area contributed by atoms with Crippen molar-refractivity contribution in [3.63, 3.8) is 0 Å². The van der Waals surface area contributed by atoms with Crippen LogP contribution >= 0.6 is 0 Å². The van der Waals surface area contributed by atoms with Crippen molar-refractivity contribution in [2.75, 3.05) is 19.6 Å². The number of carboxylic acids is 1. The van der Waals surface area contributed by atoms with Crippen LogP contribution in [0.5, 0.6) is 0 Å². The lowest BCUT2D eigenvalue weighted by Crippen LogP contribution is -2.58. The quantitative estimate of drug-likeness (QED) is 0.648. The van der Waals surface area contributed by atoms with Crippen LogP contribution in [0, 0.1) is 5.41 Å². The highest BCUT2D eigenvalue weighted by Gasteiger charge is 2.44. The molecular weight excluding hydrogens is 270 g/mol. The molecule has 0 spiro atoms. The fraction of sp³-hybridized carbons (Fsp3) is 0.867. The number of nitrogens with one attached hydrogen (secondary N) is 2. The standard InChI is InChI=1S/C15H27N3O3/c1-15(2)7-3-10-18(12(15)13(19)20)14(21)17-9-4-8-16-11-5-6-11/h11-12,16H,3-10H2,1-2H3,(H,17,21)(H,19,20). The Kier molecular flexibility index (Phi) is 5.08. The predicted octanol–water partition coefficient (Wildman–Crippen LogP) is 1.41. The van der Waals surface area contributed by atoms with E-state index in [0.717, 1.165) is 25.8 Å². The summed E-state index contributed by atoms with van der Waals surface area (Å²) in [5.74, 6) is -0.912. The van der Waals surface area contributed by atoms with E-state index in [1.54, 1.807) is 0 Å². The normalized spacial score (nSPS) is 24.7. The Labute approximate surface area is 126 Å². The maximum atomic E-state index is 12.2. The van der Waals surface area contributed by atoms with E-state index in [-0.39, 0.29) is 11.4 Å². The highest BCUT2D eigenvalue weighted by atomic mass is 16.4. The molecule has 1 saturated heterocycles. The number of urea groups is 1. The Morgan fingerprint density at radius 2 is 2.00 bits per heavy atom. The fourth-order valence-corrected chi connectivity index (χ4v) is 3.06. The van der Waals surface area contributed by atoms with Crippen molar-refractivity contribution in [2.24, 2.45) is 5.41 Å². The minimum atomic E-state index is -0.912. The zero-order chi connectivity index (χ0) is 15.5. The van der Waals surface area contributed by atoms with Crippen LogP contribution in [0.15, 0.2) is 0 Å². The second-order valence-electron chi connectivity index (χ2n) is 6.84. The second-order valence-corrected chi connectivity index (χ2v) is 6.84. The number of likely N-dealkylation sites (tertiary alicyclic amines) is 1. The van der Waals surface area contributed by atoms with Gasteiger partial charge in [0, 0.05) is 19.1 Å². The van der Waals surface area contributed by atoms with E-state index in [0.29, 0.717) is 19.1 Å². The summed E-state index contributed by atoms with van der Waals surface area (Å²) in [6.45, 7) is 5.85. The SMILES string of the molecule is CC1(C)CCCN(C(=O)NCCCNC2CC2)C1C(=O)O. The number of carboxylic acid groups (broad SMARTS) is 1. The summed E-state index contributed by atoms with van der Waals surface area (Å²) in [7, 11) is 0. The topological polar surface area (TPSA) is 81.7 Å². The van der Waals surface area contributed by atoms with E-state index in [2.05, 4.69) is 10.6 Å². The molecule has 0 bridgehead atoms. The van der Waals surface area contributed by atoms with Crippen LogP contribution in [0.3, 0.4) is 0 Å². The molecule has 2 rings (SSSR count). The average molecular weight is 297 g/mol. The zero-order valence-electron chi connectivity index (χ0n) is 13.0. The third-order valence-corrected chi connectivity index (χ3v) is 4.41. The van der Waals surface area contributed by atoms with Crippen molar-refractivity contribution in [2.45, 2.75) is 58.0 Å². The van der Waals surface area contributed by atoms with Gasteiger partial charge in [-0.15, -0.1) is 0 Å². The van der Waals surface area contributed by atoms with E-state index in [1.807, 2.05) is 13.8 Å². The first kappa shape index (κ1) is 16.1. The number of carbonyl (C=O) groups is 2. The summed E-state index contributed by atoms with van der Waals surface area (Å²) in [5, 5.41) is 15.7. The molecular formula is C15H27N3O3. The van der Waals surface area contributed by atoms with Gasteiger partial charge in [-0.3, -0.25) is 0 Å². The summed E-state index contributed by atoms with van der Waals surface area (Å²) in [6, 6.07) is -0.308. The van der Waals surface area contributed by atoms with Gasteiger partial charge in [0.05, 0.1) is 0 Å². The summed E-state index contributed by atoms with van der Waals surface area (Å²) < 4.78 is 0. The van der Waals surface area contributed by atoms with Crippen molar-refractivity contribution in [3.8, 4) is 0 Å². The van der Waals surface area contributed by atoms with Gasteiger partial charge in [-0.2, -0.15) is 0 Å². The van der Waals surface area contributed by atoms with Crippen LogP contribution in [0.1, 0.15) is 46.0 Å². The molecule has 0 aromatic rings. The van der Waals surface area contributed by atoms with E-state index < -0.39 is 12.0 Å². The second kappa shape index (κ2) is 6.64. The number of piperidine rings is 1. The first-order valence-electron chi connectivity index (χ1n) is 7.92. The lowest BCUT2D eigenvalue weighted by molar-refractivity contribution is -0.148. The van der Waals surface area contributed by atoms with Crippen LogP contribution < -0.4 is 10.6 Å². The van der Waals surface area contributed by atoms with Gasteiger partial charge in [-0.25, -0.2) is 9.59 Å². The molecule has 120 valence electrons. The Bertz CT molecular complexity index is 394. The van der Waals surface area contributed by atoms with Crippen LogP contribution in [0.2, 0.25) is 0 Å². The number of hydrogen-bond donors (Lipinski definition) is 3. The molecule has 1 aliphatic heterocycles. The highest BCUT2D eigenvalue weighted by Crippen LogP contribution is 2.35. The summed E-state index contributed by atoms with van der Waals surface area (Å²) in [5.41, 5.74) is -0.380. The molecule has 6 heteroatoms. The van der Waals surface area contributed by atoms with Gasteiger partial charge in [-0.1, -0.05) is 13.8 Å². The molecule has 1 atom stereocenters. The third kappa shape index (κ3) is 4.33. The van der Waals surface area contributed by atoms with E-state index in [4.69, 9.17) is 0 Å². The van der Waals surface area contributed by atoms with Gasteiger partial charge in [0.25, 0.3) is 0 Å². The van der Waals surface area contributed by atoms with Gasteiger partial charge in [0.15, 0.2) is 0 Å². The van der Waals surface area contributed by atoms with Crippen molar-refractivity contribution in [3.05, 3.63) is 0 Å². The molecule has 0 aromatic heterocycles. The van der Waals surface area contributed by atoms with Gasteiger partial charge in [0.2, 0.25) is 0 Å². The maximum Gasteiger partial charge on any atom is 0.327 e. The van der Waals surface area contributed by atoms with E-state index >= 15 is 0 Å². The molecule has 6 nitrogen and oxygen atoms in total. The first-order valence-corrected chi connectivity index (χ1v) is 7.92. The first-order chi connectivity index (χ1) is 9.92. The molecule has 2 fully saturated rings. The highest BCUT2D eigenvalue weighted by molar-refractivity contribution is 5.83. The molecule has 2 aliphatic rings. The lowest BCUT2D eigenvalue weighted by Gasteiger charge is -2.43. The van der Waals surface area contributed by atoms with Crippen molar-refractivity contribution < 1.29 is 14.7 Å². The number of aliphatic carboxylic acids is 1. The minimum Gasteiger partial charge on any atom is -0.480 e. The maximum absolute atomic E-state index is 12.2. The van der Waals surface area contributed by atoms with Crippen molar-refractivity contribution in [1.29, 1.82) is 0 Å². The molecule has 0 aromatic carbocycles. The molecule has 1 heterocycles. The number of amides is 2. The smallest absolute Gasteiger partial charge is 0.327 e. The van der Waals surface area contributed by atoms with E-state index in [9.17, 15) is 14.7 Å². The summed E-state index contributed by atoms with van der Waals surface area (Å²) >= 11 is 0. The zero-order valence-corrected chi connectivity index (χ0v) is 13.0. The average Bonchev–Trinajstić information content (AvgIpc) is 3.20. The van der Waals surface area contributed by atoms with Crippen LogP contribution in [0.4, 0.5) is 4.79 Å². The minimum absolute atomic E-state index is 0.249. The van der Waals surface area contributed by atoms with Crippen molar-refractivity contribution >= 4 is 12.0 Å². The fourth-order valence-electron chi connectivity index (χ4n) is 3.06. The summed E-state index contributed by atoms with van der Waals surface area (Å²) in [6.07, 6.45) is 5.08. The predicted molar refractivity (Wildman–Crippen MR) is 80.2 cm³/mol. The molecule has 1 saturated carbocycles. The number of nitrogens with zero attached hydrogens (tertiary/aromatic N) is 1. The van der Waals surface area contributed by atoms with Crippen LogP contribution in [-0.2, 0) is 4.79 Å². The molecule has 2 amide bonds. The van der Waals surface area contributed by atoms with Crippen LogP contribution in [-0.4, -0.2) is 53.7 Å². The Morgan fingerprint density at radius 3 is 2.62 bits per heavy atom. The Morgan fingerprint density at radius 1 is 1.29 bits per heavy atom. The number of hydrogen-bond acceptors (Lipinski definition) is 3. The van der Waals surface area contributed by atoms with Gasteiger partial charge < -0.3 is 20.6 Å². The molecule has 0 radical (unpaired) electrons. The molecule has 3 N–H and O–H groups in total. The van der Waals surface area contributed by atoms with Crippen LogP contribution in [0.25, 0.3) is 0 Å². The summed E-state index contributed by atoms with van der Waals surface area (Å²) in [4.78, 5) is 25.2. The largest absolute Gasteiger partial charge is 0.480 e. The Balaban J connectivity index is 1.79. The molecule has 1 unspecified atom stereocenters. The van der Waals surface area contributed by atoms with E-state index in [1.165, 1.54) is 17.7 Å². The molecule has 1 aliphatic carbocycles. The van der Waals surface area contributed by atoms with Gasteiger partial charge in [-0.05, 0) is 44.1 Å². The number of rotatable bonds is 6. The monoisotopic (exact) mass is 297 g/mol. The van der Waals surface area contributed by atoms with Gasteiger partial charge in [0.1, 0.15) is 6.04 Å². The third-order valence-electron chi connectivity index (χ3n) is 4.41. The van der Waals surface area contributed by atoms with Gasteiger partial charge >= 0.3 is 12.0 Å². The number of carbonyl (C=O) groups excluding carboxylic acids is 1.